The van der Waals surface area contributed by atoms with E-state index in [0.717, 1.165) is 30.7 Å². The van der Waals surface area contributed by atoms with E-state index in [2.05, 4.69) is 32.9 Å². The molecule has 0 aromatic heterocycles. The lowest BCUT2D eigenvalue weighted by molar-refractivity contribution is -0.906. The number of amides is 1. The highest BCUT2D eigenvalue weighted by Crippen LogP contribution is 2.07. The Morgan fingerprint density at radius 1 is 0.950 bits per heavy atom. The smallest absolute Gasteiger partial charge is 0.243 e. The lowest BCUT2D eigenvalue weighted by atomic mass is 10.3. The van der Waals surface area contributed by atoms with Crippen LogP contribution in [0.25, 0.3) is 0 Å². The van der Waals surface area contributed by atoms with Gasteiger partial charge in [0.1, 0.15) is 0 Å². The van der Waals surface area contributed by atoms with Gasteiger partial charge in [-0.3, -0.25) is 4.79 Å². The zero-order chi connectivity index (χ0) is 15.3. The van der Waals surface area contributed by atoms with Crippen LogP contribution < -0.4 is 18.1 Å². The second kappa shape index (κ2) is 13.8. The van der Waals surface area contributed by atoms with E-state index >= 15 is 0 Å². The Hall–Kier alpha value is -1.58. The van der Waals surface area contributed by atoms with Gasteiger partial charge in [0.05, 0.1) is 26.2 Å². The normalized spacial score (nSPS) is 9.05. The van der Waals surface area contributed by atoms with Crippen LogP contribution in [-0.4, -0.2) is 36.6 Å². The van der Waals surface area contributed by atoms with Crippen molar-refractivity contribution >= 4 is 5.91 Å². The van der Waals surface area contributed by atoms with Gasteiger partial charge in [-0.05, 0) is 31.2 Å². The van der Waals surface area contributed by atoms with E-state index in [1.54, 1.807) is 6.92 Å². The minimum Gasteiger partial charge on any atom is -1.00 e. The van der Waals surface area contributed by atoms with Gasteiger partial charge in [-0.15, -0.1) is 0 Å². The number of halogens is 1. The van der Waals surface area contributed by atoms with Crippen molar-refractivity contribution in [3.8, 4) is 0 Å². The van der Waals surface area contributed by atoms with Gasteiger partial charge >= 0.3 is 0 Å². The zero-order valence-corrected chi connectivity index (χ0v) is 13.2. The average Bonchev–Trinajstić information content (AvgIpc) is 2.31. The maximum absolute atomic E-state index is 9.82. The lowest BCUT2D eigenvalue weighted by Gasteiger charge is -2.35. The second-order valence-electron chi connectivity index (χ2n) is 4.37. The molecule has 114 valence electrons. The number of nitrogens with zero attached hydrogens (tertiary/aromatic N) is 1. The predicted octanol–water partition coefficient (Wildman–Crippen LogP) is -0.401. The number of hydrogen-bond acceptors (Lipinski definition) is 1. The summed E-state index contributed by atoms with van der Waals surface area (Å²) in [5.74, 6) is -0.435. The number of hydrogen-bond donors (Lipinski definition) is 1. The van der Waals surface area contributed by atoms with Gasteiger partial charge in [0.25, 0.3) is 0 Å². The fraction of sp³-hybridized carbons (Fsp3) is 0.312. The Kier molecular flexibility index (Phi) is 16.3. The van der Waals surface area contributed by atoms with Crippen LogP contribution in [0, 0.1) is 0 Å². The summed E-state index contributed by atoms with van der Waals surface area (Å²) in [5, 5.41) is 0. The minimum atomic E-state index is -0.435. The fourth-order valence-electron chi connectivity index (χ4n) is 1.54. The summed E-state index contributed by atoms with van der Waals surface area (Å²) < 4.78 is 0.903. The van der Waals surface area contributed by atoms with E-state index in [1.807, 2.05) is 24.3 Å². The van der Waals surface area contributed by atoms with Crippen LogP contribution in [0.1, 0.15) is 6.92 Å². The van der Waals surface area contributed by atoms with E-state index in [9.17, 15) is 4.79 Å². The molecule has 2 N–H and O–H groups in total. The molecule has 0 bridgehead atoms. The molecule has 0 aliphatic carbocycles. The molecule has 0 aromatic rings. The Labute approximate surface area is 129 Å². The summed E-state index contributed by atoms with van der Waals surface area (Å²) >= 11 is 0. The van der Waals surface area contributed by atoms with E-state index in [4.69, 9.17) is 5.73 Å². The first-order valence-electron chi connectivity index (χ1n) is 6.13. The fourth-order valence-corrected chi connectivity index (χ4v) is 1.54. The predicted molar refractivity (Wildman–Crippen MR) is 84.5 cm³/mol. The standard InChI is InChI=1S/C12H20N.C4H7NO.ClH/c1-5-9-13(10-6-2,11-7-3)12-8-4;1-3(2)4(5)6;/h5-8H,1-4,9-12H2;1H2,2H3,(H2,5,6);1H/q+1;;/p-1. The van der Waals surface area contributed by atoms with Crippen LogP contribution in [0.15, 0.2) is 62.8 Å². The maximum Gasteiger partial charge on any atom is 0.243 e. The van der Waals surface area contributed by atoms with Crippen molar-refractivity contribution in [1.29, 1.82) is 0 Å². The van der Waals surface area contributed by atoms with E-state index < -0.39 is 5.91 Å². The molecule has 0 spiro atoms. The quantitative estimate of drug-likeness (QED) is 0.351. The summed E-state index contributed by atoms with van der Waals surface area (Å²) in [6.45, 7) is 23.7. The highest BCUT2D eigenvalue weighted by atomic mass is 35.5. The molecule has 4 heteroatoms. The van der Waals surface area contributed by atoms with Gasteiger partial charge in [-0.25, -0.2) is 0 Å². The van der Waals surface area contributed by atoms with Crippen molar-refractivity contribution in [1.82, 2.24) is 0 Å². The van der Waals surface area contributed by atoms with Gasteiger partial charge in [0.15, 0.2) is 0 Å². The van der Waals surface area contributed by atoms with Crippen molar-refractivity contribution in [2.24, 2.45) is 5.73 Å². The third kappa shape index (κ3) is 11.5. The molecule has 0 atom stereocenters. The molecule has 0 saturated carbocycles. The molecule has 0 saturated heterocycles. The molecule has 3 nitrogen and oxygen atoms in total. The highest BCUT2D eigenvalue weighted by Gasteiger charge is 2.20. The maximum atomic E-state index is 9.82. The Bertz CT molecular complexity index is 291. The molecular weight excluding hydrogens is 272 g/mol. The first kappa shape index (κ1) is 23.5. The second-order valence-corrected chi connectivity index (χ2v) is 4.37. The van der Waals surface area contributed by atoms with Crippen LogP contribution in [0.2, 0.25) is 0 Å². The number of rotatable bonds is 9. The number of primary amides is 1. The highest BCUT2D eigenvalue weighted by molar-refractivity contribution is 5.90. The summed E-state index contributed by atoms with van der Waals surface area (Å²) in [6, 6.07) is 0. The molecule has 0 heterocycles. The van der Waals surface area contributed by atoms with Crippen molar-refractivity contribution < 1.29 is 21.7 Å². The first-order chi connectivity index (χ1) is 8.89. The first-order valence-corrected chi connectivity index (χ1v) is 6.13. The summed E-state index contributed by atoms with van der Waals surface area (Å²) in [7, 11) is 0. The zero-order valence-electron chi connectivity index (χ0n) is 12.5. The van der Waals surface area contributed by atoms with Crippen LogP contribution >= 0.6 is 0 Å². The largest absolute Gasteiger partial charge is 1.00 e. The average molecular weight is 299 g/mol. The molecule has 0 aliphatic rings. The van der Waals surface area contributed by atoms with E-state index in [0.29, 0.717) is 5.57 Å². The SMILES string of the molecule is C=C(C)C(N)=O.C=CC[N+](CC=C)(CC=C)CC=C.[Cl-]. The Morgan fingerprint density at radius 3 is 1.25 bits per heavy atom. The third-order valence-electron chi connectivity index (χ3n) is 2.49. The van der Waals surface area contributed by atoms with Gasteiger partial charge in [-0.2, -0.15) is 0 Å². The minimum absolute atomic E-state index is 0. The summed E-state index contributed by atoms with van der Waals surface area (Å²) in [6.07, 6.45) is 7.76. The van der Waals surface area contributed by atoms with E-state index in [1.165, 1.54) is 0 Å². The van der Waals surface area contributed by atoms with Crippen molar-refractivity contribution in [2.75, 3.05) is 26.2 Å². The summed E-state index contributed by atoms with van der Waals surface area (Å²) in [5.41, 5.74) is 5.09. The van der Waals surface area contributed by atoms with Gasteiger partial charge in [-0.1, -0.05) is 32.9 Å². The third-order valence-corrected chi connectivity index (χ3v) is 2.49. The van der Waals surface area contributed by atoms with E-state index in [-0.39, 0.29) is 12.4 Å². The number of quaternary nitrogens is 1. The molecule has 0 radical (unpaired) electrons. The van der Waals surface area contributed by atoms with Gasteiger partial charge in [0, 0.05) is 5.57 Å². The molecule has 0 fully saturated rings. The number of nitrogens with two attached hydrogens (primary N) is 1. The lowest BCUT2D eigenvalue weighted by Crippen LogP contribution is -3.00. The molecule has 0 aliphatic heterocycles. The number of carbonyl (C=O) groups excluding carboxylic acids is 1. The molecule has 0 aromatic carbocycles. The Balaban J connectivity index is -0.000000352. The molecular formula is C16H27ClN2O. The topological polar surface area (TPSA) is 43.1 Å². The monoisotopic (exact) mass is 298 g/mol. The van der Waals surface area contributed by atoms with Crippen molar-refractivity contribution in [3.63, 3.8) is 0 Å². The summed E-state index contributed by atoms with van der Waals surface area (Å²) in [4.78, 5) is 9.82. The van der Waals surface area contributed by atoms with Crippen LogP contribution in [0.5, 0.6) is 0 Å². The molecule has 0 unspecified atom stereocenters. The van der Waals surface area contributed by atoms with Crippen LogP contribution in [-0.2, 0) is 4.79 Å². The molecule has 0 rings (SSSR count). The van der Waals surface area contributed by atoms with Crippen molar-refractivity contribution in [2.45, 2.75) is 6.92 Å². The Morgan fingerprint density at radius 2 is 1.15 bits per heavy atom. The van der Waals surface area contributed by atoms with Crippen LogP contribution in [0.4, 0.5) is 0 Å². The van der Waals surface area contributed by atoms with Gasteiger partial charge < -0.3 is 22.6 Å². The van der Waals surface area contributed by atoms with Gasteiger partial charge in [0.2, 0.25) is 5.91 Å². The van der Waals surface area contributed by atoms with Crippen LogP contribution in [0.3, 0.4) is 0 Å². The molecule has 20 heavy (non-hydrogen) atoms. The van der Waals surface area contributed by atoms with Crippen molar-refractivity contribution in [3.05, 3.63) is 62.8 Å². The molecule has 1 amide bonds. The number of carbonyl (C=O) groups is 1.